The van der Waals surface area contributed by atoms with Crippen molar-refractivity contribution in [3.63, 3.8) is 0 Å². The molecule has 6 heteroatoms. The molecule has 0 amide bonds. The molecule has 1 aliphatic carbocycles. The van der Waals surface area contributed by atoms with E-state index < -0.39 is 0 Å². The monoisotopic (exact) mass is 354 g/mol. The van der Waals surface area contributed by atoms with Gasteiger partial charge in [-0.15, -0.1) is 5.10 Å². The lowest BCUT2D eigenvalue weighted by atomic mass is 9.87. The van der Waals surface area contributed by atoms with Crippen molar-refractivity contribution in [2.45, 2.75) is 51.7 Å². The molecule has 2 heterocycles. The lowest BCUT2D eigenvalue weighted by Crippen LogP contribution is -2.40. The number of rotatable bonds is 4. The highest BCUT2D eigenvalue weighted by Gasteiger charge is 2.22. The van der Waals surface area contributed by atoms with Gasteiger partial charge in [-0.05, 0) is 62.1 Å². The van der Waals surface area contributed by atoms with Crippen molar-refractivity contribution in [3.05, 3.63) is 48.3 Å². The number of benzene rings is 1. The average molecular weight is 355 g/mol. The fraction of sp³-hybridized carbons (Fsp3) is 0.450. The predicted molar refractivity (Wildman–Crippen MR) is 108 cm³/mol. The van der Waals surface area contributed by atoms with Gasteiger partial charge in [0.2, 0.25) is 0 Å². The molecular weight excluding hydrogens is 324 g/mol. The van der Waals surface area contributed by atoms with Gasteiger partial charge in [-0.1, -0.05) is 37.3 Å². The van der Waals surface area contributed by atoms with Gasteiger partial charge in [-0.3, -0.25) is 0 Å². The summed E-state index contributed by atoms with van der Waals surface area (Å²) in [5, 5.41) is 23.0. The third-order valence-electron chi connectivity index (χ3n) is 4.87. The van der Waals surface area contributed by atoms with Crippen LogP contribution < -0.4 is 10.6 Å². The molecule has 1 atom stereocenters. The van der Waals surface area contributed by atoms with Gasteiger partial charge in [0.05, 0.1) is 5.52 Å². The Morgan fingerprint density at radius 3 is 2.77 bits per heavy atom. The van der Waals surface area contributed by atoms with Gasteiger partial charge in [0.1, 0.15) is 17.5 Å². The lowest BCUT2D eigenvalue weighted by molar-refractivity contribution is 0.344. The number of dihydropyridines is 1. The third-order valence-corrected chi connectivity index (χ3v) is 4.87. The van der Waals surface area contributed by atoms with Crippen molar-refractivity contribution < 1.29 is 1.43 Å². The largest absolute Gasteiger partial charge is 0.369 e. The van der Waals surface area contributed by atoms with Crippen molar-refractivity contribution in [1.82, 2.24) is 25.6 Å². The summed E-state index contributed by atoms with van der Waals surface area (Å²) in [6.45, 7) is 4.00. The summed E-state index contributed by atoms with van der Waals surface area (Å²) < 4.78 is 1.91. The average Bonchev–Trinajstić information content (AvgIpc) is 3.15. The Morgan fingerprint density at radius 1 is 1.23 bits per heavy atom. The fourth-order valence-electron chi connectivity index (χ4n) is 3.49. The first-order valence-electron chi connectivity index (χ1n) is 9.55. The van der Waals surface area contributed by atoms with Gasteiger partial charge in [-0.25, -0.2) is 4.68 Å². The van der Waals surface area contributed by atoms with E-state index in [1.54, 1.807) is 6.21 Å². The second-order valence-corrected chi connectivity index (χ2v) is 6.50. The summed E-state index contributed by atoms with van der Waals surface area (Å²) in [4.78, 5) is 0. The number of hydrogen-bond acceptors (Lipinski definition) is 5. The van der Waals surface area contributed by atoms with Crippen molar-refractivity contribution in [2.75, 3.05) is 0 Å². The normalized spacial score (nSPS) is 24.8. The van der Waals surface area contributed by atoms with E-state index >= 15 is 0 Å². The Kier molecular flexibility index (Phi) is 6.04. The number of nitrogens with one attached hydrogen (secondary N) is 3. The minimum atomic E-state index is -0.0391. The summed E-state index contributed by atoms with van der Waals surface area (Å²) in [6, 6.07) is 8.46. The van der Waals surface area contributed by atoms with Crippen LogP contribution in [-0.4, -0.2) is 27.3 Å². The Labute approximate surface area is 156 Å². The van der Waals surface area contributed by atoms with Crippen LogP contribution in [0.25, 0.3) is 11.0 Å². The first-order chi connectivity index (χ1) is 12.8. The zero-order valence-electron chi connectivity index (χ0n) is 15.5. The molecule has 2 aliphatic rings. The van der Waals surface area contributed by atoms with Gasteiger partial charge < -0.3 is 16.0 Å². The minimum absolute atomic E-state index is 0. The van der Waals surface area contributed by atoms with E-state index in [0.717, 1.165) is 42.5 Å². The van der Waals surface area contributed by atoms with Crippen LogP contribution in [0.3, 0.4) is 0 Å². The Hall–Kier alpha value is -2.63. The Balaban J connectivity index is 0.000000844. The maximum absolute atomic E-state index is 7.39. The highest BCUT2D eigenvalue weighted by molar-refractivity contribution is 5.74. The van der Waals surface area contributed by atoms with Gasteiger partial charge in [-0.2, -0.15) is 0 Å². The summed E-state index contributed by atoms with van der Waals surface area (Å²) in [6.07, 6.45) is 12.2. The molecule has 1 saturated carbocycles. The summed E-state index contributed by atoms with van der Waals surface area (Å²) in [7, 11) is 0. The van der Waals surface area contributed by atoms with E-state index in [1.165, 1.54) is 0 Å². The SMILES string of the molecule is CC.N=CC1CCC(NC2=CC=CC(n3nnc4ccccc43)N2)CC1.[HH]. The topological polar surface area (TPSA) is 78.6 Å². The van der Waals surface area contributed by atoms with E-state index in [4.69, 9.17) is 5.41 Å². The Morgan fingerprint density at radius 2 is 2.00 bits per heavy atom. The summed E-state index contributed by atoms with van der Waals surface area (Å²) >= 11 is 0. The van der Waals surface area contributed by atoms with Crippen LogP contribution in [0, 0.1) is 11.3 Å². The molecule has 0 saturated heterocycles. The second kappa shape index (κ2) is 8.65. The molecule has 0 spiro atoms. The maximum Gasteiger partial charge on any atom is 0.143 e. The smallest absolute Gasteiger partial charge is 0.143 e. The van der Waals surface area contributed by atoms with Crippen molar-refractivity contribution in [3.8, 4) is 0 Å². The maximum atomic E-state index is 7.39. The molecule has 6 nitrogen and oxygen atoms in total. The van der Waals surface area contributed by atoms with E-state index in [0.29, 0.717) is 12.0 Å². The standard InChI is InChI=1S/C18H22N6.C2H6.H2/c19-12-13-8-10-14(11-9-13)20-17-6-3-7-18(21-17)24-16-5-2-1-4-15(16)22-23-24;1-2;/h1-7,12-14,18-21H,8-11H2;1-2H3;1H. The van der Waals surface area contributed by atoms with Gasteiger partial charge in [0, 0.05) is 7.47 Å². The van der Waals surface area contributed by atoms with E-state index in [9.17, 15) is 0 Å². The molecule has 0 bridgehead atoms. The van der Waals surface area contributed by atoms with Crippen LogP contribution >= 0.6 is 0 Å². The quantitative estimate of drug-likeness (QED) is 0.725. The number of nitrogens with zero attached hydrogens (tertiary/aromatic N) is 3. The van der Waals surface area contributed by atoms with Crippen molar-refractivity contribution in [2.24, 2.45) is 5.92 Å². The molecule has 1 aromatic heterocycles. The molecule has 2 aromatic rings. The first-order valence-corrected chi connectivity index (χ1v) is 9.55. The molecule has 140 valence electrons. The van der Waals surface area contributed by atoms with E-state index in [1.807, 2.05) is 42.8 Å². The molecular formula is C20H30N6. The molecule has 26 heavy (non-hydrogen) atoms. The molecule has 1 aromatic carbocycles. The van der Waals surface area contributed by atoms with Crippen LogP contribution in [0.15, 0.2) is 48.3 Å². The van der Waals surface area contributed by atoms with E-state index in [2.05, 4.69) is 39.2 Å². The number of para-hydroxylation sites is 1. The highest BCUT2D eigenvalue weighted by atomic mass is 15.5. The van der Waals surface area contributed by atoms with Crippen LogP contribution in [0.5, 0.6) is 0 Å². The Bertz CT molecular complexity index is 789. The third kappa shape index (κ3) is 3.95. The van der Waals surface area contributed by atoms with Crippen LogP contribution in [0.4, 0.5) is 0 Å². The predicted octanol–water partition coefficient (Wildman–Crippen LogP) is 4.00. The lowest BCUT2D eigenvalue weighted by Gasteiger charge is -2.31. The molecule has 1 aliphatic heterocycles. The molecule has 1 unspecified atom stereocenters. The fourth-order valence-corrected chi connectivity index (χ4v) is 3.49. The van der Waals surface area contributed by atoms with Crippen molar-refractivity contribution >= 4 is 17.2 Å². The number of hydrogen-bond donors (Lipinski definition) is 3. The number of aromatic nitrogens is 3. The number of allylic oxidation sites excluding steroid dienone is 2. The molecule has 4 rings (SSSR count). The van der Waals surface area contributed by atoms with Crippen molar-refractivity contribution in [1.29, 1.82) is 5.41 Å². The van der Waals surface area contributed by atoms with Gasteiger partial charge >= 0.3 is 0 Å². The molecule has 0 radical (unpaired) electrons. The molecule has 3 N–H and O–H groups in total. The molecule has 1 fully saturated rings. The van der Waals surface area contributed by atoms with Gasteiger partial charge in [0.25, 0.3) is 0 Å². The van der Waals surface area contributed by atoms with Crippen LogP contribution in [0.1, 0.15) is 47.1 Å². The zero-order valence-corrected chi connectivity index (χ0v) is 15.5. The zero-order chi connectivity index (χ0) is 18.4. The second-order valence-electron chi connectivity index (χ2n) is 6.50. The first kappa shape index (κ1) is 18.2. The van der Waals surface area contributed by atoms with Gasteiger partial charge in [0.15, 0.2) is 0 Å². The summed E-state index contributed by atoms with van der Waals surface area (Å²) in [5.41, 5.74) is 1.93. The minimum Gasteiger partial charge on any atom is -0.369 e. The van der Waals surface area contributed by atoms with Crippen LogP contribution in [-0.2, 0) is 0 Å². The summed E-state index contributed by atoms with van der Waals surface area (Å²) in [5.74, 6) is 1.49. The van der Waals surface area contributed by atoms with E-state index in [-0.39, 0.29) is 7.59 Å². The van der Waals surface area contributed by atoms with Crippen LogP contribution in [0.2, 0.25) is 0 Å². The number of fused-ring (bicyclic) bond motifs is 1. The highest BCUT2D eigenvalue weighted by Crippen LogP contribution is 2.24.